The quantitative estimate of drug-likeness (QED) is 0.835. The number of nitrogens with zero attached hydrogens (tertiary/aromatic N) is 1. The van der Waals surface area contributed by atoms with Crippen LogP contribution in [0.1, 0.15) is 28.9 Å². The van der Waals surface area contributed by atoms with Gasteiger partial charge in [-0.15, -0.1) is 0 Å². The minimum absolute atomic E-state index is 0.117. The van der Waals surface area contributed by atoms with Gasteiger partial charge in [0.05, 0.1) is 6.10 Å². The van der Waals surface area contributed by atoms with E-state index in [1.807, 2.05) is 19.1 Å². The molecule has 1 N–H and O–H groups in total. The number of carbonyl (C=O) groups is 1. The molecule has 1 aliphatic heterocycles. The fraction of sp³-hybridized carbons (Fsp3) is 0.500. The van der Waals surface area contributed by atoms with E-state index in [0.29, 0.717) is 12.2 Å². The number of nitrogens with one attached hydrogen (secondary N) is 1. The summed E-state index contributed by atoms with van der Waals surface area (Å²) in [4.78, 5) is 15.9. The monoisotopic (exact) mass is 220 g/mol. The summed E-state index contributed by atoms with van der Waals surface area (Å²) in [6, 6.07) is 3.71. The number of hydrogen-bond donors (Lipinski definition) is 1. The van der Waals surface area contributed by atoms with Gasteiger partial charge >= 0.3 is 0 Å². The first-order chi connectivity index (χ1) is 7.77. The van der Waals surface area contributed by atoms with Crippen LogP contribution in [0.25, 0.3) is 0 Å². The van der Waals surface area contributed by atoms with Gasteiger partial charge < -0.3 is 10.1 Å². The molecule has 1 fully saturated rings. The number of hydrogen-bond acceptors (Lipinski definition) is 3. The van der Waals surface area contributed by atoms with Gasteiger partial charge in [0.1, 0.15) is 5.69 Å². The van der Waals surface area contributed by atoms with Gasteiger partial charge in [0.2, 0.25) is 0 Å². The molecule has 4 heteroatoms. The van der Waals surface area contributed by atoms with E-state index in [-0.39, 0.29) is 12.0 Å². The fourth-order valence-corrected chi connectivity index (χ4v) is 1.82. The lowest BCUT2D eigenvalue weighted by atomic mass is 10.2. The summed E-state index contributed by atoms with van der Waals surface area (Å²) in [6.07, 6.45) is 3.92. The maximum absolute atomic E-state index is 11.8. The van der Waals surface area contributed by atoms with Crippen LogP contribution >= 0.6 is 0 Å². The van der Waals surface area contributed by atoms with Crippen molar-refractivity contribution in [3.8, 4) is 0 Å². The van der Waals surface area contributed by atoms with Crippen LogP contribution in [-0.2, 0) is 4.74 Å². The molecular formula is C12H16N2O2. The number of amides is 1. The molecule has 0 radical (unpaired) electrons. The Morgan fingerprint density at radius 2 is 2.56 bits per heavy atom. The lowest BCUT2D eigenvalue weighted by molar-refractivity contribution is 0.0853. The molecule has 0 saturated carbocycles. The highest BCUT2D eigenvalue weighted by Gasteiger charge is 2.17. The lowest BCUT2D eigenvalue weighted by Gasteiger charge is -2.11. The second-order valence-corrected chi connectivity index (χ2v) is 4.01. The third-order valence-corrected chi connectivity index (χ3v) is 2.74. The smallest absolute Gasteiger partial charge is 0.270 e. The summed E-state index contributed by atoms with van der Waals surface area (Å²) in [7, 11) is 0. The van der Waals surface area contributed by atoms with Crippen molar-refractivity contribution in [2.75, 3.05) is 13.2 Å². The van der Waals surface area contributed by atoms with Crippen molar-refractivity contribution in [3.05, 3.63) is 29.6 Å². The van der Waals surface area contributed by atoms with Crippen LogP contribution in [0.5, 0.6) is 0 Å². The van der Waals surface area contributed by atoms with E-state index in [4.69, 9.17) is 4.74 Å². The Hall–Kier alpha value is -1.42. The van der Waals surface area contributed by atoms with Crippen molar-refractivity contribution in [2.24, 2.45) is 0 Å². The highest BCUT2D eigenvalue weighted by molar-refractivity contribution is 5.93. The Morgan fingerprint density at radius 1 is 1.69 bits per heavy atom. The van der Waals surface area contributed by atoms with Crippen LogP contribution in [0.2, 0.25) is 0 Å². The molecular weight excluding hydrogens is 204 g/mol. The summed E-state index contributed by atoms with van der Waals surface area (Å²) in [5.41, 5.74) is 1.40. The molecule has 0 aliphatic carbocycles. The fourth-order valence-electron chi connectivity index (χ4n) is 1.82. The van der Waals surface area contributed by atoms with Gasteiger partial charge in [-0.2, -0.15) is 0 Å². The molecule has 0 aromatic carbocycles. The molecule has 16 heavy (non-hydrogen) atoms. The minimum atomic E-state index is -0.117. The summed E-state index contributed by atoms with van der Waals surface area (Å²) < 4.78 is 5.43. The van der Waals surface area contributed by atoms with Crippen molar-refractivity contribution in [2.45, 2.75) is 25.9 Å². The van der Waals surface area contributed by atoms with E-state index in [0.717, 1.165) is 25.0 Å². The Morgan fingerprint density at radius 3 is 3.25 bits per heavy atom. The minimum Gasteiger partial charge on any atom is -0.376 e. The van der Waals surface area contributed by atoms with Crippen LogP contribution in [0.3, 0.4) is 0 Å². The van der Waals surface area contributed by atoms with Gasteiger partial charge in [-0.3, -0.25) is 9.78 Å². The predicted octanol–water partition coefficient (Wildman–Crippen LogP) is 1.30. The second kappa shape index (κ2) is 5.07. The average molecular weight is 220 g/mol. The molecule has 0 spiro atoms. The van der Waals surface area contributed by atoms with Gasteiger partial charge in [0.25, 0.3) is 5.91 Å². The largest absolute Gasteiger partial charge is 0.376 e. The molecule has 1 unspecified atom stereocenters. The Balaban J connectivity index is 1.90. The molecule has 86 valence electrons. The van der Waals surface area contributed by atoms with Gasteiger partial charge in [0.15, 0.2) is 0 Å². The summed E-state index contributed by atoms with van der Waals surface area (Å²) >= 11 is 0. The molecule has 1 aromatic heterocycles. The Bertz CT molecular complexity index is 373. The molecule has 2 rings (SSSR count). The van der Waals surface area contributed by atoms with Crippen LogP contribution in [0.4, 0.5) is 0 Å². The Labute approximate surface area is 95.0 Å². The van der Waals surface area contributed by atoms with Crippen molar-refractivity contribution in [3.63, 3.8) is 0 Å². The highest BCUT2D eigenvalue weighted by atomic mass is 16.5. The molecule has 4 nitrogen and oxygen atoms in total. The van der Waals surface area contributed by atoms with Crippen LogP contribution in [0, 0.1) is 6.92 Å². The van der Waals surface area contributed by atoms with E-state index in [1.54, 1.807) is 6.20 Å². The number of pyridine rings is 1. The molecule has 1 amide bonds. The van der Waals surface area contributed by atoms with E-state index in [2.05, 4.69) is 10.3 Å². The van der Waals surface area contributed by atoms with Crippen molar-refractivity contribution in [1.29, 1.82) is 0 Å². The Kier molecular flexibility index (Phi) is 3.51. The normalized spacial score (nSPS) is 19.7. The van der Waals surface area contributed by atoms with Crippen molar-refractivity contribution in [1.82, 2.24) is 10.3 Å². The first-order valence-corrected chi connectivity index (χ1v) is 5.59. The average Bonchev–Trinajstić information content (AvgIpc) is 2.79. The van der Waals surface area contributed by atoms with E-state index in [9.17, 15) is 4.79 Å². The zero-order chi connectivity index (χ0) is 11.4. The zero-order valence-corrected chi connectivity index (χ0v) is 9.40. The third-order valence-electron chi connectivity index (χ3n) is 2.74. The molecule has 2 heterocycles. The number of aromatic nitrogens is 1. The third kappa shape index (κ3) is 2.58. The maximum Gasteiger partial charge on any atom is 0.270 e. The second-order valence-electron chi connectivity index (χ2n) is 4.01. The van der Waals surface area contributed by atoms with E-state index < -0.39 is 0 Å². The SMILES string of the molecule is Cc1cccnc1C(=O)NCC1CCCO1. The van der Waals surface area contributed by atoms with Gasteiger partial charge in [-0.05, 0) is 31.4 Å². The number of ether oxygens (including phenoxy) is 1. The van der Waals surface area contributed by atoms with Crippen molar-refractivity contribution >= 4 is 5.91 Å². The first kappa shape index (κ1) is 11.1. The van der Waals surface area contributed by atoms with Crippen molar-refractivity contribution < 1.29 is 9.53 Å². The molecule has 1 saturated heterocycles. The lowest BCUT2D eigenvalue weighted by Crippen LogP contribution is -2.32. The van der Waals surface area contributed by atoms with Crippen LogP contribution in [-0.4, -0.2) is 30.1 Å². The number of aryl methyl sites for hydroxylation is 1. The van der Waals surface area contributed by atoms with E-state index in [1.165, 1.54) is 0 Å². The summed E-state index contributed by atoms with van der Waals surface area (Å²) in [5.74, 6) is -0.117. The molecule has 1 aliphatic rings. The standard InChI is InChI=1S/C12H16N2O2/c1-9-4-2-6-13-11(9)12(15)14-8-10-5-3-7-16-10/h2,4,6,10H,3,5,7-8H2,1H3,(H,14,15). The number of carbonyl (C=O) groups excluding carboxylic acids is 1. The van der Waals surface area contributed by atoms with Gasteiger partial charge in [0, 0.05) is 19.3 Å². The van der Waals surface area contributed by atoms with Crippen LogP contribution in [0.15, 0.2) is 18.3 Å². The van der Waals surface area contributed by atoms with Gasteiger partial charge in [-0.1, -0.05) is 6.07 Å². The summed E-state index contributed by atoms with van der Waals surface area (Å²) in [6.45, 7) is 3.27. The zero-order valence-electron chi connectivity index (χ0n) is 9.40. The van der Waals surface area contributed by atoms with E-state index >= 15 is 0 Å². The molecule has 1 aromatic rings. The number of rotatable bonds is 3. The van der Waals surface area contributed by atoms with Gasteiger partial charge in [-0.25, -0.2) is 0 Å². The first-order valence-electron chi connectivity index (χ1n) is 5.59. The molecule has 0 bridgehead atoms. The summed E-state index contributed by atoms with van der Waals surface area (Å²) in [5, 5.41) is 2.86. The van der Waals surface area contributed by atoms with Crippen LogP contribution < -0.4 is 5.32 Å². The maximum atomic E-state index is 11.8. The predicted molar refractivity (Wildman–Crippen MR) is 60.3 cm³/mol. The highest BCUT2D eigenvalue weighted by Crippen LogP contribution is 2.11. The molecule has 1 atom stereocenters. The topological polar surface area (TPSA) is 51.2 Å².